The van der Waals surface area contributed by atoms with E-state index in [1.165, 1.54) is 0 Å². The molecule has 0 aromatic heterocycles. The molecular weight excluding hydrogens is 246 g/mol. The molecule has 2 nitrogen and oxygen atoms in total. The Morgan fingerprint density at radius 3 is 1.85 bits per heavy atom. The van der Waals surface area contributed by atoms with Gasteiger partial charge in [-0.25, -0.2) is 0 Å². The Labute approximate surface area is 122 Å². The first kappa shape index (κ1) is 17.9. The molecule has 2 rings (SSSR count). The summed E-state index contributed by atoms with van der Waals surface area (Å²) in [5, 5.41) is 0. The van der Waals surface area contributed by atoms with Crippen molar-refractivity contribution in [2.75, 3.05) is 5.73 Å². The number of hydrogen-bond acceptors (Lipinski definition) is 2. The molecule has 2 heteroatoms. The van der Waals surface area contributed by atoms with Crippen LogP contribution in [-0.2, 0) is 0 Å². The number of nitrogens with two attached hydrogens (primary N) is 1. The van der Waals surface area contributed by atoms with Crippen LogP contribution in [-0.4, -0.2) is 5.78 Å². The van der Waals surface area contributed by atoms with Gasteiger partial charge in [-0.3, -0.25) is 4.79 Å². The fourth-order valence-corrected chi connectivity index (χ4v) is 1.62. The summed E-state index contributed by atoms with van der Waals surface area (Å²) in [6.07, 6.45) is 0. The highest BCUT2D eigenvalue weighted by Gasteiger charge is 2.01. The van der Waals surface area contributed by atoms with Crippen LogP contribution in [0.4, 0.5) is 5.69 Å². The summed E-state index contributed by atoms with van der Waals surface area (Å²) < 4.78 is 0. The van der Waals surface area contributed by atoms with Gasteiger partial charge in [0.25, 0.3) is 0 Å². The third-order valence-corrected chi connectivity index (χ3v) is 2.51. The molecule has 0 bridgehead atoms. The highest BCUT2D eigenvalue weighted by atomic mass is 16.1. The molecule has 0 radical (unpaired) electrons. The maximum Gasteiger partial charge on any atom is 0.159 e. The van der Waals surface area contributed by atoms with Crippen LogP contribution in [0.1, 0.15) is 45.0 Å². The summed E-state index contributed by atoms with van der Waals surface area (Å²) in [6.45, 7) is 9.56. The van der Waals surface area contributed by atoms with Gasteiger partial charge in [-0.05, 0) is 30.2 Å². The number of carbonyl (C=O) groups excluding carboxylic acids is 1. The molecule has 20 heavy (non-hydrogen) atoms. The molecule has 0 unspecified atom stereocenters. The maximum absolute atomic E-state index is 11.1. The quantitative estimate of drug-likeness (QED) is 0.603. The lowest BCUT2D eigenvalue weighted by Gasteiger charge is -2.03. The minimum atomic E-state index is 0.0825. The normalized spacial score (nSPS) is 8.65. The molecular formula is C18H25NO. The van der Waals surface area contributed by atoms with Crippen LogP contribution in [0, 0.1) is 0 Å². The zero-order valence-corrected chi connectivity index (χ0v) is 13.1. The van der Waals surface area contributed by atoms with Gasteiger partial charge >= 0.3 is 0 Å². The highest BCUT2D eigenvalue weighted by Crippen LogP contribution is 2.21. The third-order valence-electron chi connectivity index (χ3n) is 2.51. The van der Waals surface area contributed by atoms with Gasteiger partial charge in [-0.1, -0.05) is 64.1 Å². The van der Waals surface area contributed by atoms with Gasteiger partial charge in [-0.15, -0.1) is 0 Å². The number of Topliss-reactive ketones (excluding diaryl/α,β-unsaturated/α-hetero) is 1. The van der Waals surface area contributed by atoms with Crippen LogP contribution in [0.25, 0.3) is 11.1 Å². The summed E-state index contributed by atoms with van der Waals surface area (Å²) >= 11 is 0. The third kappa shape index (κ3) is 5.27. The molecule has 0 aliphatic carbocycles. The molecule has 0 atom stereocenters. The summed E-state index contributed by atoms with van der Waals surface area (Å²) in [6, 6.07) is 15.2. The number of ketones is 1. The highest BCUT2D eigenvalue weighted by molar-refractivity contribution is 5.94. The van der Waals surface area contributed by atoms with Gasteiger partial charge < -0.3 is 5.73 Å². The summed E-state index contributed by atoms with van der Waals surface area (Å²) in [7, 11) is 0. The van der Waals surface area contributed by atoms with Crippen LogP contribution in [0.3, 0.4) is 0 Å². The molecule has 0 spiro atoms. The zero-order chi connectivity index (χ0) is 15.5. The molecule has 2 aromatic carbocycles. The first-order valence-electron chi connectivity index (χ1n) is 7.14. The topological polar surface area (TPSA) is 43.1 Å². The van der Waals surface area contributed by atoms with Gasteiger partial charge in [0.05, 0.1) is 0 Å². The van der Waals surface area contributed by atoms with Crippen molar-refractivity contribution in [3.05, 3.63) is 54.1 Å². The van der Waals surface area contributed by atoms with E-state index >= 15 is 0 Å². The standard InChI is InChI=1S/C14H13NO.2C2H6/c1-10(16)11-5-7-12(8-6-11)13-3-2-4-14(15)9-13;2*1-2/h2-9H,15H2,1H3;2*1-2H3. The van der Waals surface area contributed by atoms with Gasteiger partial charge in [0, 0.05) is 11.3 Å². The lowest BCUT2D eigenvalue weighted by Crippen LogP contribution is -1.91. The van der Waals surface area contributed by atoms with Gasteiger partial charge in [0.1, 0.15) is 0 Å². The van der Waals surface area contributed by atoms with Gasteiger partial charge in [0.2, 0.25) is 0 Å². The van der Waals surface area contributed by atoms with Crippen LogP contribution < -0.4 is 5.73 Å². The molecule has 0 saturated carbocycles. The maximum atomic E-state index is 11.1. The van der Waals surface area contributed by atoms with Crippen LogP contribution in [0.5, 0.6) is 0 Å². The van der Waals surface area contributed by atoms with E-state index in [2.05, 4.69) is 0 Å². The van der Waals surface area contributed by atoms with Crippen molar-refractivity contribution in [3.8, 4) is 11.1 Å². The van der Waals surface area contributed by atoms with Crippen molar-refractivity contribution in [2.24, 2.45) is 0 Å². The van der Waals surface area contributed by atoms with E-state index in [-0.39, 0.29) is 5.78 Å². The second kappa shape index (κ2) is 9.79. The number of anilines is 1. The number of benzene rings is 2. The van der Waals surface area contributed by atoms with Crippen molar-refractivity contribution >= 4 is 11.5 Å². The Kier molecular flexibility index (Phi) is 8.77. The van der Waals surface area contributed by atoms with Crippen molar-refractivity contribution in [2.45, 2.75) is 34.6 Å². The molecule has 0 aliphatic heterocycles. The number of carbonyl (C=O) groups is 1. The van der Waals surface area contributed by atoms with E-state index in [1.54, 1.807) is 6.92 Å². The predicted molar refractivity (Wildman–Crippen MR) is 89.0 cm³/mol. The van der Waals surface area contributed by atoms with E-state index in [9.17, 15) is 4.79 Å². The first-order valence-corrected chi connectivity index (χ1v) is 7.14. The second-order valence-corrected chi connectivity index (χ2v) is 3.76. The first-order chi connectivity index (χ1) is 9.66. The molecule has 0 aliphatic rings. The van der Waals surface area contributed by atoms with Gasteiger partial charge in [-0.2, -0.15) is 0 Å². The Hall–Kier alpha value is -2.09. The molecule has 108 valence electrons. The Morgan fingerprint density at radius 1 is 0.850 bits per heavy atom. The lowest BCUT2D eigenvalue weighted by atomic mass is 10.0. The number of hydrogen-bond donors (Lipinski definition) is 1. The van der Waals surface area contributed by atoms with E-state index in [0.717, 1.165) is 22.4 Å². The number of rotatable bonds is 2. The van der Waals surface area contributed by atoms with Crippen molar-refractivity contribution < 1.29 is 4.79 Å². The predicted octanol–water partition coefficient (Wildman–Crippen LogP) is 5.19. The minimum Gasteiger partial charge on any atom is -0.399 e. The summed E-state index contributed by atoms with van der Waals surface area (Å²) in [4.78, 5) is 11.1. The average Bonchev–Trinajstić information content (AvgIpc) is 2.51. The van der Waals surface area contributed by atoms with E-state index < -0.39 is 0 Å². The Balaban J connectivity index is 0.000000829. The van der Waals surface area contributed by atoms with Crippen molar-refractivity contribution in [1.29, 1.82) is 0 Å². The van der Waals surface area contributed by atoms with Crippen molar-refractivity contribution in [3.63, 3.8) is 0 Å². The van der Waals surface area contributed by atoms with E-state index in [0.29, 0.717) is 0 Å². The molecule has 0 saturated heterocycles. The Morgan fingerprint density at radius 2 is 1.40 bits per heavy atom. The molecule has 0 amide bonds. The summed E-state index contributed by atoms with van der Waals surface area (Å²) in [5.74, 6) is 0.0825. The largest absolute Gasteiger partial charge is 0.399 e. The number of nitrogen functional groups attached to an aromatic ring is 1. The van der Waals surface area contributed by atoms with Crippen LogP contribution in [0.15, 0.2) is 48.5 Å². The van der Waals surface area contributed by atoms with Gasteiger partial charge in [0.15, 0.2) is 5.78 Å². The fraction of sp³-hybridized carbons (Fsp3) is 0.278. The smallest absolute Gasteiger partial charge is 0.159 e. The molecule has 2 N–H and O–H groups in total. The molecule has 0 heterocycles. The average molecular weight is 271 g/mol. The molecule has 2 aromatic rings. The van der Waals surface area contributed by atoms with E-state index in [4.69, 9.17) is 5.73 Å². The second-order valence-electron chi connectivity index (χ2n) is 3.76. The Bertz CT molecular complexity index is 515. The fourth-order valence-electron chi connectivity index (χ4n) is 1.62. The SMILES string of the molecule is CC.CC.CC(=O)c1ccc(-c2cccc(N)c2)cc1. The minimum absolute atomic E-state index is 0.0825. The summed E-state index contributed by atoms with van der Waals surface area (Å²) in [5.41, 5.74) is 9.32. The van der Waals surface area contributed by atoms with Crippen molar-refractivity contribution in [1.82, 2.24) is 0 Å². The zero-order valence-electron chi connectivity index (χ0n) is 13.1. The lowest BCUT2D eigenvalue weighted by molar-refractivity contribution is 0.101. The van der Waals surface area contributed by atoms with Crippen LogP contribution >= 0.6 is 0 Å². The van der Waals surface area contributed by atoms with E-state index in [1.807, 2.05) is 76.2 Å². The monoisotopic (exact) mass is 271 g/mol. The molecule has 0 fully saturated rings. The van der Waals surface area contributed by atoms with Crippen LogP contribution in [0.2, 0.25) is 0 Å².